The SMILES string of the molecule is CCO[C@H](C)c1nc(-c2ccncc2)nn1-c1cc(C)ccn1. The molecule has 1 atom stereocenters. The topological polar surface area (TPSA) is 65.7 Å². The van der Waals surface area contributed by atoms with Crippen LogP contribution in [0.25, 0.3) is 17.2 Å². The molecule has 0 saturated carbocycles. The number of pyridine rings is 2. The summed E-state index contributed by atoms with van der Waals surface area (Å²) in [4.78, 5) is 13.1. The fraction of sp³-hybridized carbons (Fsp3) is 0.294. The lowest BCUT2D eigenvalue weighted by Gasteiger charge is -2.12. The zero-order valence-corrected chi connectivity index (χ0v) is 13.5. The third-order valence-electron chi connectivity index (χ3n) is 3.47. The van der Waals surface area contributed by atoms with Crippen LogP contribution in [0, 0.1) is 6.92 Å². The highest BCUT2D eigenvalue weighted by molar-refractivity contribution is 5.53. The zero-order valence-electron chi connectivity index (χ0n) is 13.5. The molecule has 3 heterocycles. The van der Waals surface area contributed by atoms with Crippen LogP contribution >= 0.6 is 0 Å². The molecule has 0 radical (unpaired) electrons. The molecule has 0 amide bonds. The predicted molar refractivity (Wildman–Crippen MR) is 87.2 cm³/mol. The van der Waals surface area contributed by atoms with Crippen molar-refractivity contribution in [3.05, 3.63) is 54.2 Å². The number of hydrogen-bond donors (Lipinski definition) is 0. The monoisotopic (exact) mass is 309 g/mol. The predicted octanol–water partition coefficient (Wildman–Crippen LogP) is 3.13. The van der Waals surface area contributed by atoms with Gasteiger partial charge in [-0.1, -0.05) is 0 Å². The second-order valence-electron chi connectivity index (χ2n) is 5.23. The van der Waals surface area contributed by atoms with Crippen LogP contribution in [0.5, 0.6) is 0 Å². The molecule has 0 aliphatic rings. The van der Waals surface area contributed by atoms with E-state index >= 15 is 0 Å². The first-order valence-electron chi connectivity index (χ1n) is 7.61. The standard InChI is InChI=1S/C17H19N5O/c1-4-23-13(3)17-20-16(14-6-8-18-9-7-14)21-22(17)15-11-12(2)5-10-19-15/h5-11,13H,4H2,1-3H3/t13-/m1/s1. The Morgan fingerprint density at radius 1 is 1.17 bits per heavy atom. The van der Waals surface area contributed by atoms with Crippen LogP contribution in [-0.2, 0) is 4.74 Å². The van der Waals surface area contributed by atoms with E-state index in [1.54, 1.807) is 23.3 Å². The number of aryl methyl sites for hydroxylation is 1. The van der Waals surface area contributed by atoms with Crippen LogP contribution in [0.15, 0.2) is 42.9 Å². The quantitative estimate of drug-likeness (QED) is 0.724. The summed E-state index contributed by atoms with van der Waals surface area (Å²) < 4.78 is 7.46. The number of rotatable bonds is 5. The summed E-state index contributed by atoms with van der Waals surface area (Å²) in [5, 5.41) is 4.63. The van der Waals surface area contributed by atoms with E-state index in [0.717, 1.165) is 22.8 Å². The number of nitrogens with zero attached hydrogens (tertiary/aromatic N) is 5. The maximum Gasteiger partial charge on any atom is 0.182 e. The Labute approximate surface area is 135 Å². The average molecular weight is 309 g/mol. The minimum Gasteiger partial charge on any atom is -0.371 e. The molecule has 0 aliphatic heterocycles. The van der Waals surface area contributed by atoms with Gasteiger partial charge in [-0.2, -0.15) is 4.68 Å². The van der Waals surface area contributed by atoms with Crippen molar-refractivity contribution in [2.45, 2.75) is 26.9 Å². The van der Waals surface area contributed by atoms with Gasteiger partial charge >= 0.3 is 0 Å². The maximum atomic E-state index is 5.71. The van der Waals surface area contributed by atoms with Gasteiger partial charge in [0.25, 0.3) is 0 Å². The molecule has 0 bridgehead atoms. The second kappa shape index (κ2) is 6.66. The van der Waals surface area contributed by atoms with Gasteiger partial charge < -0.3 is 4.74 Å². The van der Waals surface area contributed by atoms with Crippen LogP contribution in [0.4, 0.5) is 0 Å². The van der Waals surface area contributed by atoms with E-state index in [0.29, 0.717) is 12.4 Å². The van der Waals surface area contributed by atoms with E-state index in [2.05, 4.69) is 20.1 Å². The Bertz CT molecular complexity index is 785. The fourth-order valence-electron chi connectivity index (χ4n) is 2.34. The lowest BCUT2D eigenvalue weighted by molar-refractivity contribution is 0.0685. The molecule has 118 valence electrons. The highest BCUT2D eigenvalue weighted by atomic mass is 16.5. The van der Waals surface area contributed by atoms with Crippen molar-refractivity contribution in [2.24, 2.45) is 0 Å². The molecule has 3 aromatic heterocycles. The van der Waals surface area contributed by atoms with Gasteiger partial charge in [-0.3, -0.25) is 4.98 Å². The van der Waals surface area contributed by atoms with Crippen molar-refractivity contribution in [3.8, 4) is 17.2 Å². The van der Waals surface area contributed by atoms with E-state index < -0.39 is 0 Å². The first-order valence-corrected chi connectivity index (χ1v) is 7.61. The molecule has 0 spiro atoms. The highest BCUT2D eigenvalue weighted by Gasteiger charge is 2.19. The molecule has 3 aromatic rings. The lowest BCUT2D eigenvalue weighted by Crippen LogP contribution is -2.10. The molecule has 0 aromatic carbocycles. The average Bonchev–Trinajstić information content (AvgIpc) is 3.01. The van der Waals surface area contributed by atoms with Gasteiger partial charge in [-0.05, 0) is 50.6 Å². The Kier molecular flexibility index (Phi) is 4.43. The van der Waals surface area contributed by atoms with Gasteiger partial charge in [0.05, 0.1) is 0 Å². The molecule has 0 N–H and O–H groups in total. The Balaban J connectivity index is 2.11. The molecule has 6 heteroatoms. The van der Waals surface area contributed by atoms with E-state index in [-0.39, 0.29) is 6.10 Å². The van der Waals surface area contributed by atoms with Crippen LogP contribution in [0.3, 0.4) is 0 Å². The minimum absolute atomic E-state index is 0.176. The van der Waals surface area contributed by atoms with Crippen molar-refractivity contribution < 1.29 is 4.74 Å². The van der Waals surface area contributed by atoms with E-state index in [9.17, 15) is 0 Å². The van der Waals surface area contributed by atoms with Gasteiger partial charge in [0.1, 0.15) is 6.10 Å². The number of aromatic nitrogens is 5. The number of hydrogen-bond acceptors (Lipinski definition) is 5. The van der Waals surface area contributed by atoms with E-state index in [1.165, 1.54) is 0 Å². The second-order valence-corrected chi connectivity index (χ2v) is 5.23. The largest absolute Gasteiger partial charge is 0.371 e. The lowest BCUT2D eigenvalue weighted by atomic mass is 10.2. The van der Waals surface area contributed by atoms with Crippen molar-refractivity contribution in [2.75, 3.05) is 6.61 Å². The van der Waals surface area contributed by atoms with Gasteiger partial charge in [0, 0.05) is 30.8 Å². The third-order valence-corrected chi connectivity index (χ3v) is 3.47. The third kappa shape index (κ3) is 3.27. The molecule has 23 heavy (non-hydrogen) atoms. The van der Waals surface area contributed by atoms with Gasteiger partial charge in [0.2, 0.25) is 0 Å². The Morgan fingerprint density at radius 3 is 2.65 bits per heavy atom. The molecular weight excluding hydrogens is 290 g/mol. The molecule has 3 rings (SSSR count). The van der Waals surface area contributed by atoms with Crippen molar-refractivity contribution in [1.82, 2.24) is 24.7 Å². The van der Waals surface area contributed by atoms with Crippen LogP contribution in [0.2, 0.25) is 0 Å². The van der Waals surface area contributed by atoms with E-state index in [4.69, 9.17) is 4.74 Å². The zero-order chi connectivity index (χ0) is 16.2. The van der Waals surface area contributed by atoms with Crippen LogP contribution in [0.1, 0.15) is 31.3 Å². The molecule has 6 nitrogen and oxygen atoms in total. The molecule has 0 unspecified atom stereocenters. The van der Waals surface area contributed by atoms with Crippen LogP contribution < -0.4 is 0 Å². The van der Waals surface area contributed by atoms with E-state index in [1.807, 2.05) is 45.0 Å². The Hall–Kier alpha value is -2.60. The minimum atomic E-state index is -0.176. The molecule has 0 aliphatic carbocycles. The summed E-state index contributed by atoms with van der Waals surface area (Å²) in [6.07, 6.45) is 5.05. The van der Waals surface area contributed by atoms with Crippen molar-refractivity contribution in [3.63, 3.8) is 0 Å². The summed E-state index contributed by atoms with van der Waals surface area (Å²) in [6.45, 7) is 6.57. The Morgan fingerprint density at radius 2 is 1.96 bits per heavy atom. The summed E-state index contributed by atoms with van der Waals surface area (Å²) in [6, 6.07) is 7.71. The fourth-order valence-corrected chi connectivity index (χ4v) is 2.34. The van der Waals surface area contributed by atoms with Crippen molar-refractivity contribution >= 4 is 0 Å². The molecule has 0 saturated heterocycles. The molecular formula is C17H19N5O. The van der Waals surface area contributed by atoms with Gasteiger partial charge in [0.15, 0.2) is 17.5 Å². The maximum absolute atomic E-state index is 5.71. The summed E-state index contributed by atoms with van der Waals surface area (Å²) in [5.74, 6) is 2.10. The molecule has 0 fully saturated rings. The number of ether oxygens (including phenoxy) is 1. The van der Waals surface area contributed by atoms with Gasteiger partial charge in [-0.25, -0.2) is 9.97 Å². The summed E-state index contributed by atoms with van der Waals surface area (Å²) >= 11 is 0. The smallest absolute Gasteiger partial charge is 0.182 e. The first kappa shape index (κ1) is 15.3. The summed E-state index contributed by atoms with van der Waals surface area (Å²) in [5.41, 5.74) is 2.03. The first-order chi connectivity index (χ1) is 11.2. The highest BCUT2D eigenvalue weighted by Crippen LogP contribution is 2.22. The normalized spacial score (nSPS) is 12.3. The van der Waals surface area contributed by atoms with Crippen LogP contribution in [-0.4, -0.2) is 31.3 Å². The van der Waals surface area contributed by atoms with Crippen molar-refractivity contribution in [1.29, 1.82) is 0 Å². The summed E-state index contributed by atoms with van der Waals surface area (Å²) in [7, 11) is 0. The van der Waals surface area contributed by atoms with Gasteiger partial charge in [-0.15, -0.1) is 5.10 Å².